The van der Waals surface area contributed by atoms with Crippen molar-refractivity contribution < 1.29 is 4.74 Å². The monoisotopic (exact) mass is 361 g/mol. The van der Waals surface area contributed by atoms with Crippen LogP contribution < -0.4 is 9.64 Å². The summed E-state index contributed by atoms with van der Waals surface area (Å²) in [6.07, 6.45) is 5.32. The molecule has 27 heavy (non-hydrogen) atoms. The van der Waals surface area contributed by atoms with Crippen molar-refractivity contribution in [3.63, 3.8) is 0 Å². The Hall–Kier alpha value is -3.42. The number of fused-ring (bicyclic) bond motifs is 2. The number of anilines is 1. The second-order valence-corrected chi connectivity index (χ2v) is 6.67. The van der Waals surface area contributed by atoms with Crippen molar-refractivity contribution in [1.29, 1.82) is 0 Å². The highest BCUT2D eigenvalue weighted by atomic mass is 16.5. The van der Waals surface area contributed by atoms with Crippen LogP contribution in [0.5, 0.6) is 5.88 Å². The van der Waals surface area contributed by atoms with Crippen molar-refractivity contribution in [2.24, 2.45) is 0 Å². The zero-order chi connectivity index (χ0) is 18.2. The zero-order valence-corrected chi connectivity index (χ0v) is 14.9. The van der Waals surface area contributed by atoms with Gasteiger partial charge in [-0.05, 0) is 25.1 Å². The van der Waals surface area contributed by atoms with E-state index in [1.165, 1.54) is 12.0 Å². The fourth-order valence-corrected chi connectivity index (χ4v) is 3.53. The van der Waals surface area contributed by atoms with Gasteiger partial charge in [-0.1, -0.05) is 6.07 Å². The average Bonchev–Trinajstić information content (AvgIpc) is 3.27. The number of nitrogens with zero attached hydrogens (tertiary/aromatic N) is 7. The van der Waals surface area contributed by atoms with E-state index in [0.29, 0.717) is 18.2 Å². The number of rotatable bonds is 3. The smallest absolute Gasteiger partial charge is 0.254 e. The fraction of sp³-hybridized carbons (Fsp3) is 0.263. The van der Waals surface area contributed by atoms with Crippen molar-refractivity contribution in [2.45, 2.75) is 26.1 Å². The molecule has 8 nitrogen and oxygen atoms in total. The van der Waals surface area contributed by atoms with E-state index in [0.717, 1.165) is 24.6 Å². The van der Waals surface area contributed by atoms with E-state index in [1.54, 1.807) is 10.7 Å². The molecule has 4 aromatic heterocycles. The molecule has 0 aliphatic carbocycles. The van der Waals surface area contributed by atoms with E-state index >= 15 is 0 Å². The molecule has 0 bridgehead atoms. The lowest BCUT2D eigenvalue weighted by atomic mass is 10.3. The third-order valence-electron chi connectivity index (χ3n) is 4.71. The molecule has 0 radical (unpaired) electrons. The van der Waals surface area contributed by atoms with Crippen LogP contribution in [-0.2, 0) is 13.1 Å². The minimum atomic E-state index is -0.0550. The van der Waals surface area contributed by atoms with Gasteiger partial charge in [0.25, 0.3) is 5.78 Å². The summed E-state index contributed by atoms with van der Waals surface area (Å²) >= 11 is 0. The van der Waals surface area contributed by atoms with Crippen LogP contribution in [0.15, 0.2) is 55.1 Å². The number of hydrogen-bond donors (Lipinski definition) is 0. The first kappa shape index (κ1) is 15.8. The largest absolute Gasteiger partial charge is 0.471 e. The molecule has 0 aromatic carbocycles. The van der Waals surface area contributed by atoms with Gasteiger partial charge in [0.2, 0.25) is 5.88 Å². The Morgan fingerprint density at radius 2 is 2.07 bits per heavy atom. The van der Waals surface area contributed by atoms with Gasteiger partial charge in [0.05, 0.1) is 19.6 Å². The van der Waals surface area contributed by atoms with E-state index in [-0.39, 0.29) is 6.10 Å². The normalized spacial score (nSPS) is 16.9. The Kier molecular flexibility index (Phi) is 3.74. The quantitative estimate of drug-likeness (QED) is 0.556. The summed E-state index contributed by atoms with van der Waals surface area (Å²) in [6.45, 7) is 4.20. The second kappa shape index (κ2) is 6.39. The van der Waals surface area contributed by atoms with Crippen LogP contribution in [0.25, 0.3) is 5.78 Å². The summed E-state index contributed by atoms with van der Waals surface area (Å²) in [5.41, 5.74) is 2.14. The van der Waals surface area contributed by atoms with Crippen molar-refractivity contribution in [3.05, 3.63) is 66.5 Å². The van der Waals surface area contributed by atoms with Crippen molar-refractivity contribution >= 4 is 11.6 Å². The Morgan fingerprint density at radius 1 is 1.11 bits per heavy atom. The lowest BCUT2D eigenvalue weighted by Gasteiger charge is -2.26. The summed E-state index contributed by atoms with van der Waals surface area (Å²) in [6, 6.07) is 12.0. The molecule has 1 aliphatic rings. The molecule has 1 aliphatic heterocycles. The fourth-order valence-electron chi connectivity index (χ4n) is 3.53. The Bertz CT molecular complexity index is 1070. The van der Waals surface area contributed by atoms with E-state index in [9.17, 15) is 0 Å². The van der Waals surface area contributed by atoms with E-state index < -0.39 is 0 Å². The number of pyridine rings is 1. The Morgan fingerprint density at radius 3 is 2.96 bits per heavy atom. The number of aromatic nitrogens is 6. The number of hydrogen-bond acceptors (Lipinski definition) is 6. The van der Waals surface area contributed by atoms with Crippen LogP contribution in [0, 0.1) is 6.92 Å². The van der Waals surface area contributed by atoms with Gasteiger partial charge in [-0.3, -0.25) is 0 Å². The summed E-state index contributed by atoms with van der Waals surface area (Å²) in [5, 5.41) is 4.36. The average molecular weight is 361 g/mol. The van der Waals surface area contributed by atoms with E-state index in [2.05, 4.69) is 47.8 Å². The maximum atomic E-state index is 6.20. The first-order chi connectivity index (χ1) is 13.3. The first-order valence-corrected chi connectivity index (χ1v) is 8.90. The number of aryl methyl sites for hydroxylation is 1. The van der Waals surface area contributed by atoms with Crippen LogP contribution in [0.2, 0.25) is 0 Å². The molecule has 136 valence electrons. The maximum Gasteiger partial charge on any atom is 0.254 e. The standard InChI is InChI=1S/C19H19N7O/c1-14-9-18(26-19(23-14)21-13-22-26)25-10-15-5-4-8-24(15)11-16(12-25)27-17-6-2-3-7-20-17/h2-9,13,16H,10-12H2,1H3/t16-/m0/s1. The molecule has 4 aromatic rings. The lowest BCUT2D eigenvalue weighted by Crippen LogP contribution is -2.36. The maximum absolute atomic E-state index is 6.20. The number of ether oxygens (including phenoxy) is 1. The van der Waals surface area contributed by atoms with Gasteiger partial charge < -0.3 is 14.2 Å². The molecule has 1 atom stereocenters. The van der Waals surface area contributed by atoms with Gasteiger partial charge in [0.15, 0.2) is 0 Å². The molecule has 0 saturated carbocycles. The van der Waals surface area contributed by atoms with Crippen LogP contribution in [-0.4, -0.2) is 41.8 Å². The van der Waals surface area contributed by atoms with E-state index in [1.807, 2.05) is 31.2 Å². The SMILES string of the molecule is Cc1cc(N2Cc3cccn3C[C@H](Oc3ccccn3)C2)n2ncnc2n1. The van der Waals surface area contributed by atoms with Crippen molar-refractivity contribution in [1.82, 2.24) is 29.1 Å². The summed E-state index contributed by atoms with van der Waals surface area (Å²) in [7, 11) is 0. The Labute approximate surface area is 156 Å². The Balaban J connectivity index is 1.54. The molecule has 0 N–H and O–H groups in total. The minimum absolute atomic E-state index is 0.0550. The molecule has 8 heteroatoms. The molecule has 0 unspecified atom stereocenters. The van der Waals surface area contributed by atoms with Crippen LogP contribution >= 0.6 is 0 Å². The molecule has 0 amide bonds. The van der Waals surface area contributed by atoms with Crippen molar-refractivity contribution in [2.75, 3.05) is 11.4 Å². The van der Waals surface area contributed by atoms with Gasteiger partial charge in [0.1, 0.15) is 18.2 Å². The molecule has 0 fully saturated rings. The second-order valence-electron chi connectivity index (χ2n) is 6.67. The highest BCUT2D eigenvalue weighted by Gasteiger charge is 2.25. The predicted octanol–water partition coefficient (Wildman–Crippen LogP) is 2.10. The molecule has 0 spiro atoms. The third kappa shape index (κ3) is 2.99. The van der Waals surface area contributed by atoms with Crippen LogP contribution in [0.4, 0.5) is 5.82 Å². The highest BCUT2D eigenvalue weighted by molar-refractivity contribution is 5.48. The first-order valence-electron chi connectivity index (χ1n) is 8.90. The summed E-state index contributed by atoms with van der Waals surface area (Å²) in [4.78, 5) is 15.3. The zero-order valence-electron chi connectivity index (χ0n) is 14.9. The summed E-state index contributed by atoms with van der Waals surface area (Å²) in [5.74, 6) is 2.20. The van der Waals surface area contributed by atoms with Crippen LogP contribution in [0.3, 0.4) is 0 Å². The predicted molar refractivity (Wildman–Crippen MR) is 99.7 cm³/mol. The van der Waals surface area contributed by atoms with E-state index in [4.69, 9.17) is 4.74 Å². The lowest BCUT2D eigenvalue weighted by molar-refractivity contribution is 0.182. The molecular formula is C19H19N7O. The van der Waals surface area contributed by atoms with Gasteiger partial charge >= 0.3 is 0 Å². The van der Waals surface area contributed by atoms with Crippen molar-refractivity contribution in [3.8, 4) is 5.88 Å². The molecular weight excluding hydrogens is 342 g/mol. The van der Waals surface area contributed by atoms with Gasteiger partial charge in [-0.15, -0.1) is 0 Å². The van der Waals surface area contributed by atoms with Gasteiger partial charge in [-0.25, -0.2) is 9.97 Å². The molecule has 0 saturated heterocycles. The highest BCUT2D eigenvalue weighted by Crippen LogP contribution is 2.23. The topological polar surface area (TPSA) is 73.4 Å². The minimum Gasteiger partial charge on any atom is -0.471 e. The van der Waals surface area contributed by atoms with Gasteiger partial charge in [0, 0.05) is 35.9 Å². The third-order valence-corrected chi connectivity index (χ3v) is 4.71. The van der Waals surface area contributed by atoms with Crippen LogP contribution in [0.1, 0.15) is 11.4 Å². The van der Waals surface area contributed by atoms with Gasteiger partial charge in [-0.2, -0.15) is 14.6 Å². The summed E-state index contributed by atoms with van der Waals surface area (Å²) < 4.78 is 10.2. The molecule has 5 heterocycles. The molecule has 5 rings (SSSR count).